The van der Waals surface area contributed by atoms with Crippen molar-refractivity contribution in [3.63, 3.8) is 0 Å². The van der Waals surface area contributed by atoms with E-state index in [1.807, 2.05) is 60.7 Å². The van der Waals surface area contributed by atoms with Crippen LogP contribution in [0.15, 0.2) is 60.7 Å². The molecule has 1 aliphatic rings. The lowest BCUT2D eigenvalue weighted by molar-refractivity contribution is -0.142. The number of carboxylic acid groups (broad SMARTS) is 1. The summed E-state index contributed by atoms with van der Waals surface area (Å²) >= 11 is 0. The van der Waals surface area contributed by atoms with Gasteiger partial charge in [0, 0.05) is 6.04 Å². The highest BCUT2D eigenvalue weighted by Crippen LogP contribution is 2.24. The summed E-state index contributed by atoms with van der Waals surface area (Å²) in [7, 11) is 0. The number of hydrogen-bond donors (Lipinski definition) is 3. The number of urea groups is 1. The van der Waals surface area contributed by atoms with Gasteiger partial charge in [0.2, 0.25) is 0 Å². The minimum Gasteiger partial charge on any atom is -0.491 e. The van der Waals surface area contributed by atoms with Crippen LogP contribution in [0.3, 0.4) is 0 Å². The largest absolute Gasteiger partial charge is 0.491 e. The fourth-order valence-corrected chi connectivity index (χ4v) is 3.47. The number of nitrogens with one attached hydrogen (secondary N) is 2. The lowest BCUT2D eigenvalue weighted by Gasteiger charge is -2.28. The summed E-state index contributed by atoms with van der Waals surface area (Å²) in [4.78, 5) is 23.6. The summed E-state index contributed by atoms with van der Waals surface area (Å²) in [5.41, 5.74) is 0.961. The maximum Gasteiger partial charge on any atom is 0.315 e. The number of para-hydroxylation sites is 1. The number of carbonyl (C=O) groups is 2. The summed E-state index contributed by atoms with van der Waals surface area (Å²) in [6.45, 7) is 0.313. The van der Waals surface area contributed by atoms with Gasteiger partial charge < -0.3 is 20.5 Å². The predicted octanol–water partition coefficient (Wildman–Crippen LogP) is 3.75. The van der Waals surface area contributed by atoms with Gasteiger partial charge >= 0.3 is 12.0 Å². The molecule has 0 saturated heterocycles. The van der Waals surface area contributed by atoms with Crippen molar-refractivity contribution in [2.75, 3.05) is 6.61 Å². The quantitative estimate of drug-likeness (QED) is 0.681. The van der Waals surface area contributed by atoms with Crippen LogP contribution in [-0.2, 0) is 4.79 Å². The first-order chi connectivity index (χ1) is 13.6. The second-order valence-corrected chi connectivity index (χ2v) is 7.09. The Morgan fingerprint density at radius 2 is 1.57 bits per heavy atom. The molecule has 2 aromatic carbocycles. The molecule has 3 N–H and O–H groups in total. The Balaban J connectivity index is 1.56. The monoisotopic (exact) mass is 382 g/mol. The van der Waals surface area contributed by atoms with E-state index in [1.165, 1.54) is 0 Å². The molecule has 0 aromatic heterocycles. The molecule has 1 aliphatic carbocycles. The van der Waals surface area contributed by atoms with Crippen LogP contribution in [0.2, 0.25) is 0 Å². The van der Waals surface area contributed by atoms with E-state index in [9.17, 15) is 9.59 Å². The number of rotatable bonds is 7. The van der Waals surface area contributed by atoms with Gasteiger partial charge in [0.05, 0.1) is 12.0 Å². The molecule has 2 amide bonds. The van der Waals surface area contributed by atoms with Gasteiger partial charge in [0.25, 0.3) is 0 Å². The summed E-state index contributed by atoms with van der Waals surface area (Å²) in [5.74, 6) is -0.291. The predicted molar refractivity (Wildman–Crippen MR) is 106 cm³/mol. The van der Waals surface area contributed by atoms with Crippen molar-refractivity contribution < 1.29 is 19.4 Å². The van der Waals surface area contributed by atoms with Crippen molar-refractivity contribution in [1.82, 2.24) is 10.6 Å². The number of ether oxygens (including phenoxy) is 1. The molecule has 3 rings (SSSR count). The third-order valence-electron chi connectivity index (χ3n) is 5.08. The molecule has 148 valence electrons. The second kappa shape index (κ2) is 9.78. The molecule has 0 heterocycles. The highest BCUT2D eigenvalue weighted by Gasteiger charge is 2.27. The van der Waals surface area contributed by atoms with Crippen molar-refractivity contribution in [3.8, 4) is 5.75 Å². The van der Waals surface area contributed by atoms with Crippen LogP contribution in [0.4, 0.5) is 4.79 Å². The molecule has 2 aromatic rings. The molecular weight excluding hydrogens is 356 g/mol. The molecular formula is C22H26N2O4. The smallest absolute Gasteiger partial charge is 0.315 e. The van der Waals surface area contributed by atoms with Crippen LogP contribution in [0.5, 0.6) is 5.75 Å². The average Bonchev–Trinajstić information content (AvgIpc) is 2.73. The van der Waals surface area contributed by atoms with Crippen molar-refractivity contribution in [2.45, 2.75) is 37.8 Å². The van der Waals surface area contributed by atoms with Crippen LogP contribution < -0.4 is 15.4 Å². The molecule has 6 heteroatoms. The third-order valence-corrected chi connectivity index (χ3v) is 5.08. The molecule has 1 saturated carbocycles. The van der Waals surface area contributed by atoms with Crippen molar-refractivity contribution in [3.05, 3.63) is 66.2 Å². The lowest BCUT2D eigenvalue weighted by atomic mass is 9.86. The molecule has 1 atom stereocenters. The van der Waals surface area contributed by atoms with Gasteiger partial charge in [-0.25, -0.2) is 4.79 Å². The minimum absolute atomic E-state index is 0.00191. The van der Waals surface area contributed by atoms with E-state index < -0.39 is 5.97 Å². The summed E-state index contributed by atoms with van der Waals surface area (Å²) in [6.07, 6.45) is 2.56. The van der Waals surface area contributed by atoms with Gasteiger partial charge in [0.15, 0.2) is 0 Å². The van der Waals surface area contributed by atoms with Gasteiger partial charge in [-0.2, -0.15) is 0 Å². The van der Waals surface area contributed by atoms with Crippen LogP contribution in [0.1, 0.15) is 37.3 Å². The zero-order valence-corrected chi connectivity index (χ0v) is 15.7. The Labute approximate surface area is 164 Å². The van der Waals surface area contributed by atoms with Gasteiger partial charge in [0.1, 0.15) is 12.4 Å². The minimum atomic E-state index is -0.745. The Kier molecular flexibility index (Phi) is 6.89. The van der Waals surface area contributed by atoms with Crippen LogP contribution >= 0.6 is 0 Å². The maximum atomic E-state index is 12.5. The molecule has 0 radical (unpaired) electrons. The topological polar surface area (TPSA) is 87.7 Å². The number of hydrogen-bond acceptors (Lipinski definition) is 3. The van der Waals surface area contributed by atoms with Gasteiger partial charge in [-0.15, -0.1) is 0 Å². The van der Waals surface area contributed by atoms with Gasteiger partial charge in [-0.3, -0.25) is 4.79 Å². The first-order valence-electron chi connectivity index (χ1n) is 9.64. The van der Waals surface area contributed by atoms with Crippen LogP contribution in [-0.4, -0.2) is 29.8 Å². The van der Waals surface area contributed by atoms with E-state index in [4.69, 9.17) is 9.84 Å². The average molecular weight is 382 g/mol. The van der Waals surface area contributed by atoms with E-state index in [0.29, 0.717) is 32.3 Å². The summed E-state index contributed by atoms with van der Waals surface area (Å²) in [6, 6.07) is 18.6. The lowest BCUT2D eigenvalue weighted by Crippen LogP contribution is -2.46. The van der Waals surface area contributed by atoms with Crippen LogP contribution in [0.25, 0.3) is 0 Å². The zero-order valence-electron chi connectivity index (χ0n) is 15.7. The molecule has 1 unspecified atom stereocenters. The Bertz CT molecular complexity index is 759. The fraction of sp³-hybridized carbons (Fsp3) is 0.364. The van der Waals surface area contributed by atoms with Crippen molar-refractivity contribution >= 4 is 12.0 Å². The third kappa shape index (κ3) is 5.74. The van der Waals surface area contributed by atoms with E-state index in [1.54, 1.807) is 0 Å². The summed E-state index contributed by atoms with van der Waals surface area (Å²) in [5, 5.41) is 15.1. The number of aliphatic carboxylic acids is 1. The molecule has 28 heavy (non-hydrogen) atoms. The SMILES string of the molecule is O=C(NC1CCC(C(=O)O)CC1)NC(COc1ccccc1)c1ccccc1. The number of carbonyl (C=O) groups excluding carboxylic acids is 1. The van der Waals surface area contributed by atoms with Crippen molar-refractivity contribution in [1.29, 1.82) is 0 Å². The maximum absolute atomic E-state index is 12.5. The number of amides is 2. The molecule has 0 bridgehead atoms. The standard InChI is InChI=1S/C22H26N2O4/c25-21(26)17-11-13-18(14-12-17)23-22(27)24-20(16-7-3-1-4-8-16)15-28-19-9-5-2-6-10-19/h1-10,17-18,20H,11-15H2,(H,25,26)(H2,23,24,27). The van der Waals surface area contributed by atoms with E-state index in [2.05, 4.69) is 10.6 Å². The second-order valence-electron chi connectivity index (χ2n) is 7.09. The van der Waals surface area contributed by atoms with Gasteiger partial charge in [-0.05, 0) is 43.4 Å². The highest BCUT2D eigenvalue weighted by atomic mass is 16.5. The Morgan fingerprint density at radius 1 is 0.964 bits per heavy atom. The molecule has 6 nitrogen and oxygen atoms in total. The van der Waals surface area contributed by atoms with E-state index in [0.717, 1.165) is 11.3 Å². The number of carboxylic acids is 1. The van der Waals surface area contributed by atoms with E-state index >= 15 is 0 Å². The normalized spacial score (nSPS) is 20.0. The van der Waals surface area contributed by atoms with E-state index in [-0.39, 0.29) is 24.0 Å². The number of benzene rings is 2. The highest BCUT2D eigenvalue weighted by molar-refractivity contribution is 5.75. The first kappa shape index (κ1) is 19.7. The first-order valence-corrected chi connectivity index (χ1v) is 9.64. The molecule has 0 spiro atoms. The molecule has 0 aliphatic heterocycles. The fourth-order valence-electron chi connectivity index (χ4n) is 3.47. The molecule has 1 fully saturated rings. The summed E-state index contributed by atoms with van der Waals surface area (Å²) < 4.78 is 5.85. The Hall–Kier alpha value is -3.02. The zero-order chi connectivity index (χ0) is 19.8. The van der Waals surface area contributed by atoms with Crippen molar-refractivity contribution in [2.24, 2.45) is 5.92 Å². The van der Waals surface area contributed by atoms with Crippen LogP contribution in [0, 0.1) is 5.92 Å². The Morgan fingerprint density at radius 3 is 2.18 bits per heavy atom. The van der Waals surface area contributed by atoms with Gasteiger partial charge in [-0.1, -0.05) is 48.5 Å².